The van der Waals surface area contributed by atoms with Crippen LogP contribution in [0.3, 0.4) is 0 Å². The fraction of sp³-hybridized carbons (Fsp3) is 0.211. The summed E-state index contributed by atoms with van der Waals surface area (Å²) in [6.45, 7) is 2.08. The Bertz CT molecular complexity index is 817. The van der Waals surface area contributed by atoms with E-state index in [1.165, 1.54) is 30.5 Å². The molecule has 1 aromatic heterocycles. The molecule has 1 saturated carbocycles. The Hall–Kier alpha value is -2.22. The Morgan fingerprint density at radius 2 is 1.86 bits per heavy atom. The van der Waals surface area contributed by atoms with Crippen molar-refractivity contribution in [3.8, 4) is 11.1 Å². The second kappa shape index (κ2) is 4.66. The molecule has 1 fully saturated rings. The van der Waals surface area contributed by atoms with E-state index in [0.717, 1.165) is 27.7 Å². The Balaban J connectivity index is 2.01. The van der Waals surface area contributed by atoms with Crippen LogP contribution in [0.4, 0.5) is 4.39 Å². The maximum Gasteiger partial charge on any atom is 0.123 e. The first-order chi connectivity index (χ1) is 10.2. The van der Waals surface area contributed by atoms with Gasteiger partial charge in [-0.15, -0.1) is 0 Å². The van der Waals surface area contributed by atoms with Crippen molar-refractivity contribution in [2.45, 2.75) is 25.7 Å². The van der Waals surface area contributed by atoms with Crippen LogP contribution < -0.4 is 0 Å². The van der Waals surface area contributed by atoms with Crippen LogP contribution >= 0.6 is 0 Å². The molecule has 0 spiro atoms. The van der Waals surface area contributed by atoms with Gasteiger partial charge < -0.3 is 0 Å². The molecule has 103 valence electrons. The van der Waals surface area contributed by atoms with E-state index < -0.39 is 0 Å². The lowest BCUT2D eigenvalue weighted by Gasteiger charge is -2.11. The molecule has 0 amide bonds. The van der Waals surface area contributed by atoms with Gasteiger partial charge in [0.1, 0.15) is 5.82 Å². The van der Waals surface area contributed by atoms with E-state index in [4.69, 9.17) is 4.98 Å². The van der Waals surface area contributed by atoms with Gasteiger partial charge in [0.2, 0.25) is 0 Å². The molecule has 21 heavy (non-hydrogen) atoms. The van der Waals surface area contributed by atoms with Crippen molar-refractivity contribution in [2.24, 2.45) is 0 Å². The highest BCUT2D eigenvalue weighted by Gasteiger charge is 2.26. The lowest BCUT2D eigenvalue weighted by atomic mass is 9.97. The Morgan fingerprint density at radius 1 is 1.10 bits per heavy atom. The summed E-state index contributed by atoms with van der Waals surface area (Å²) < 4.78 is 13.2. The molecule has 2 aromatic carbocycles. The van der Waals surface area contributed by atoms with Crippen LogP contribution in [0.25, 0.3) is 22.0 Å². The molecular weight excluding hydrogens is 261 g/mol. The fourth-order valence-corrected chi connectivity index (χ4v) is 2.75. The third-order valence-electron chi connectivity index (χ3n) is 4.09. The summed E-state index contributed by atoms with van der Waals surface area (Å²) in [6, 6.07) is 16.3. The average Bonchev–Trinajstić information content (AvgIpc) is 3.32. The number of halogens is 1. The molecule has 3 aromatic rings. The van der Waals surface area contributed by atoms with Crippen LogP contribution in [0.1, 0.15) is 30.0 Å². The average molecular weight is 276 g/mol. The molecule has 0 saturated heterocycles. The maximum absolute atomic E-state index is 13.2. The summed E-state index contributed by atoms with van der Waals surface area (Å²) in [5.74, 6) is 0.337. The molecule has 2 heteroatoms. The highest BCUT2D eigenvalue weighted by atomic mass is 19.1. The number of aromatic nitrogens is 1. The van der Waals surface area contributed by atoms with Gasteiger partial charge in [-0.25, -0.2) is 4.39 Å². The largest absolute Gasteiger partial charge is 0.252 e. The predicted molar refractivity (Wildman–Crippen MR) is 82.7 cm³/mol. The van der Waals surface area contributed by atoms with E-state index in [-0.39, 0.29) is 5.82 Å². The summed E-state index contributed by atoms with van der Waals surface area (Å²) in [5, 5.41) is 1.09. The van der Waals surface area contributed by atoms with Crippen molar-refractivity contribution < 1.29 is 4.39 Å². The second-order valence-electron chi connectivity index (χ2n) is 5.75. The minimum absolute atomic E-state index is 0.212. The quantitative estimate of drug-likeness (QED) is 0.640. The molecule has 1 aliphatic rings. The van der Waals surface area contributed by atoms with Crippen molar-refractivity contribution in [2.75, 3.05) is 0 Å². The van der Waals surface area contributed by atoms with E-state index in [1.807, 2.05) is 18.2 Å². The zero-order valence-electron chi connectivity index (χ0n) is 11.9. The molecule has 1 aliphatic carbocycles. The first-order valence-corrected chi connectivity index (χ1v) is 7.31. The number of para-hydroxylation sites is 1. The molecule has 0 N–H and O–H groups in total. The van der Waals surface area contributed by atoms with Crippen LogP contribution in [0.5, 0.6) is 0 Å². The third kappa shape index (κ3) is 2.21. The third-order valence-corrected chi connectivity index (χ3v) is 4.09. The smallest absolute Gasteiger partial charge is 0.123 e. The molecular formula is C19H15FN. The zero-order valence-corrected chi connectivity index (χ0v) is 11.9. The monoisotopic (exact) mass is 276 g/mol. The number of fused-ring (bicyclic) bond motifs is 1. The van der Waals surface area contributed by atoms with Gasteiger partial charge >= 0.3 is 0 Å². The highest BCUT2D eigenvalue weighted by molar-refractivity contribution is 5.96. The van der Waals surface area contributed by atoms with Crippen molar-refractivity contribution in [3.63, 3.8) is 0 Å². The minimum Gasteiger partial charge on any atom is -0.252 e. The molecule has 1 radical (unpaired) electrons. The van der Waals surface area contributed by atoms with E-state index in [1.54, 1.807) is 0 Å². The number of pyridine rings is 1. The van der Waals surface area contributed by atoms with Crippen molar-refractivity contribution in [3.05, 3.63) is 65.6 Å². The van der Waals surface area contributed by atoms with Gasteiger partial charge in [0.15, 0.2) is 0 Å². The highest BCUT2D eigenvalue weighted by Crippen LogP contribution is 2.41. The van der Waals surface area contributed by atoms with Gasteiger partial charge in [-0.1, -0.05) is 30.3 Å². The van der Waals surface area contributed by atoms with E-state index in [0.29, 0.717) is 5.92 Å². The lowest BCUT2D eigenvalue weighted by molar-refractivity contribution is 0.628. The first-order valence-electron chi connectivity index (χ1n) is 7.31. The van der Waals surface area contributed by atoms with E-state index in [2.05, 4.69) is 25.1 Å². The molecule has 0 bridgehead atoms. The number of hydrogen-bond donors (Lipinski definition) is 0. The summed E-state index contributed by atoms with van der Waals surface area (Å²) >= 11 is 0. The van der Waals surface area contributed by atoms with Gasteiger partial charge in [0.05, 0.1) is 11.2 Å². The predicted octanol–water partition coefficient (Wildman–Crippen LogP) is 5.03. The van der Waals surface area contributed by atoms with E-state index >= 15 is 0 Å². The van der Waals surface area contributed by atoms with Gasteiger partial charge in [-0.3, -0.25) is 4.98 Å². The summed E-state index contributed by atoms with van der Waals surface area (Å²) in [6.07, 6.45) is 2.40. The number of hydrogen-bond acceptors (Lipinski definition) is 1. The van der Waals surface area contributed by atoms with Gasteiger partial charge in [0, 0.05) is 22.9 Å². The molecule has 4 rings (SSSR count). The number of rotatable bonds is 2. The van der Waals surface area contributed by atoms with Gasteiger partial charge in [0.25, 0.3) is 0 Å². The van der Waals surface area contributed by atoms with Crippen molar-refractivity contribution >= 4 is 10.9 Å². The van der Waals surface area contributed by atoms with Crippen LogP contribution in [0.2, 0.25) is 0 Å². The summed E-state index contributed by atoms with van der Waals surface area (Å²) in [7, 11) is 0. The SMILES string of the molecule is Cc1cccc2c(-c3ccc(F)cc3)[c]c(C3CC3)nc12. The zero-order chi connectivity index (χ0) is 14.4. The van der Waals surface area contributed by atoms with Crippen LogP contribution in [0, 0.1) is 18.8 Å². The van der Waals surface area contributed by atoms with Crippen LogP contribution in [-0.4, -0.2) is 4.98 Å². The van der Waals surface area contributed by atoms with Crippen molar-refractivity contribution in [1.82, 2.24) is 4.98 Å². The maximum atomic E-state index is 13.2. The Kier molecular flexibility index (Phi) is 2.78. The second-order valence-corrected chi connectivity index (χ2v) is 5.75. The van der Waals surface area contributed by atoms with Gasteiger partial charge in [-0.05, 0) is 43.0 Å². The minimum atomic E-state index is -0.212. The Labute approximate surface area is 123 Å². The lowest BCUT2D eigenvalue weighted by Crippen LogP contribution is -1.94. The Morgan fingerprint density at radius 3 is 2.57 bits per heavy atom. The summed E-state index contributed by atoms with van der Waals surface area (Å²) in [4.78, 5) is 4.81. The van der Waals surface area contributed by atoms with Crippen LogP contribution in [0.15, 0.2) is 42.5 Å². The van der Waals surface area contributed by atoms with Crippen LogP contribution in [-0.2, 0) is 0 Å². The topological polar surface area (TPSA) is 12.9 Å². The standard InChI is InChI=1S/C19H15FN/c1-12-3-2-4-16-17(13-7-9-15(20)10-8-13)11-18(14-5-6-14)21-19(12)16/h2-4,7-10,14H,5-6H2,1H3. The fourth-order valence-electron chi connectivity index (χ4n) is 2.75. The molecule has 1 heterocycles. The first kappa shape index (κ1) is 12.5. The summed E-state index contributed by atoms with van der Waals surface area (Å²) in [5.41, 5.74) is 5.29. The number of benzene rings is 2. The normalized spacial score (nSPS) is 14.6. The van der Waals surface area contributed by atoms with Crippen molar-refractivity contribution in [1.29, 1.82) is 0 Å². The number of aryl methyl sites for hydroxylation is 1. The molecule has 0 atom stereocenters. The molecule has 1 nitrogen and oxygen atoms in total. The molecule has 0 aliphatic heterocycles. The van der Waals surface area contributed by atoms with Gasteiger partial charge in [-0.2, -0.15) is 0 Å². The number of nitrogens with zero attached hydrogens (tertiary/aromatic N) is 1. The van der Waals surface area contributed by atoms with E-state index in [9.17, 15) is 4.39 Å². The molecule has 0 unspecified atom stereocenters.